The van der Waals surface area contributed by atoms with Gasteiger partial charge in [-0.05, 0) is 68.4 Å². The Hall–Kier alpha value is -4.43. The van der Waals surface area contributed by atoms with Crippen LogP contribution in [0.1, 0.15) is 64.4 Å². The Kier molecular flexibility index (Phi) is 21.7. The van der Waals surface area contributed by atoms with Gasteiger partial charge in [0, 0.05) is 38.0 Å². The minimum absolute atomic E-state index is 0.0317. The van der Waals surface area contributed by atoms with Crippen molar-refractivity contribution in [3.63, 3.8) is 0 Å². The lowest BCUT2D eigenvalue weighted by Gasteiger charge is -2.25. The molecular formula is C40H62N6O10. The van der Waals surface area contributed by atoms with E-state index in [-0.39, 0.29) is 44.4 Å². The number of anilines is 1. The summed E-state index contributed by atoms with van der Waals surface area (Å²) in [5, 5.41) is 13.5. The minimum atomic E-state index is -0.919. The second kappa shape index (κ2) is 26.4. The van der Waals surface area contributed by atoms with Crippen molar-refractivity contribution < 1.29 is 47.7 Å². The number of carbonyl (C=O) groups excluding carboxylic acids is 5. The number of urea groups is 1. The van der Waals surface area contributed by atoms with E-state index in [2.05, 4.69) is 38.4 Å². The van der Waals surface area contributed by atoms with Gasteiger partial charge >= 0.3 is 12.1 Å². The standard InChI is InChI=1S/C40H62N6O10/c1-28(2)36(38(49)45-34(11-8-17-42-39(41)50)37(48)44-30-14-12-29(3)13-15-30)46-35(47)16-19-52-21-23-54-25-26-55-24-22-53-20-18-43-40(51)56-27-33-31-9-6-4-5-7-10-32(31)33/h12-15,28,31-34,36H,6-11,16-27H2,1-3H3,(H,43,51)(H,44,48)(H,45,49)(H,46,47)(H3,41,42,50)/t31?,32?,33?,34-,36-/m0/s1. The SMILES string of the molecule is Cc1ccc(NC(=O)[C@H](CCCNC(N)=O)NC(=O)[C@@H](NC(=O)CCOCCOCCOCCOCCNC(=O)OCC2C3CCC#CCCC32)C(C)C)cc1. The fourth-order valence-corrected chi connectivity index (χ4v) is 6.35. The van der Waals surface area contributed by atoms with E-state index < -0.39 is 36.0 Å². The summed E-state index contributed by atoms with van der Waals surface area (Å²) in [5.41, 5.74) is 6.75. The third-order valence-corrected chi connectivity index (χ3v) is 9.54. The maximum Gasteiger partial charge on any atom is 0.407 e. The largest absolute Gasteiger partial charge is 0.449 e. The Morgan fingerprint density at radius 3 is 1.95 bits per heavy atom. The van der Waals surface area contributed by atoms with Crippen LogP contribution in [0.25, 0.3) is 0 Å². The number of primary amides is 1. The van der Waals surface area contributed by atoms with E-state index >= 15 is 0 Å². The summed E-state index contributed by atoms with van der Waals surface area (Å²) in [6.45, 7) is 9.18. The Morgan fingerprint density at radius 1 is 0.768 bits per heavy atom. The van der Waals surface area contributed by atoms with Gasteiger partial charge in [-0.15, -0.1) is 11.8 Å². The number of nitrogens with two attached hydrogens (primary N) is 1. The first kappa shape index (κ1) is 46.0. The predicted molar refractivity (Wildman–Crippen MR) is 209 cm³/mol. The Bertz CT molecular complexity index is 1410. The molecule has 0 heterocycles. The molecule has 2 aliphatic carbocycles. The van der Waals surface area contributed by atoms with Crippen LogP contribution in [0, 0.1) is 42.4 Å². The molecule has 3 rings (SSSR count). The number of ether oxygens (including phenoxy) is 5. The second-order valence-corrected chi connectivity index (χ2v) is 14.3. The van der Waals surface area contributed by atoms with Gasteiger partial charge in [-0.1, -0.05) is 31.5 Å². The van der Waals surface area contributed by atoms with E-state index in [4.69, 9.17) is 29.4 Å². The summed E-state index contributed by atoms with van der Waals surface area (Å²) < 4.78 is 27.4. The fraction of sp³-hybridized carbons (Fsp3) is 0.675. The summed E-state index contributed by atoms with van der Waals surface area (Å²) in [6.07, 6.45) is 4.31. The maximum absolute atomic E-state index is 13.3. The third kappa shape index (κ3) is 18.9. The normalized spacial score (nSPS) is 18.1. The van der Waals surface area contributed by atoms with Gasteiger partial charge in [0.1, 0.15) is 12.1 Å². The molecule has 0 spiro atoms. The average molecular weight is 787 g/mol. The van der Waals surface area contributed by atoms with Gasteiger partial charge in [0.05, 0.1) is 59.5 Å². The lowest BCUT2D eigenvalue weighted by molar-refractivity contribution is -0.132. The average Bonchev–Trinajstić information content (AvgIpc) is 3.81. The van der Waals surface area contributed by atoms with Gasteiger partial charge < -0.3 is 56.0 Å². The molecule has 2 unspecified atom stereocenters. The number of rotatable bonds is 27. The molecule has 56 heavy (non-hydrogen) atoms. The second-order valence-electron chi connectivity index (χ2n) is 14.3. The highest BCUT2D eigenvalue weighted by Crippen LogP contribution is 2.52. The first-order chi connectivity index (χ1) is 27.0. The number of nitrogens with one attached hydrogen (secondary N) is 5. The minimum Gasteiger partial charge on any atom is -0.449 e. The van der Waals surface area contributed by atoms with Gasteiger partial charge in [-0.25, -0.2) is 9.59 Å². The van der Waals surface area contributed by atoms with Crippen LogP contribution in [-0.4, -0.2) is 114 Å². The molecule has 0 aromatic heterocycles. The van der Waals surface area contributed by atoms with Crippen molar-refractivity contribution in [3.8, 4) is 11.8 Å². The molecule has 6 amide bonds. The van der Waals surface area contributed by atoms with Crippen LogP contribution in [0.4, 0.5) is 15.3 Å². The van der Waals surface area contributed by atoms with Crippen molar-refractivity contribution in [2.45, 2.75) is 77.8 Å². The molecule has 7 N–H and O–H groups in total. The Balaban J connectivity index is 1.18. The molecular weight excluding hydrogens is 724 g/mol. The van der Waals surface area contributed by atoms with Gasteiger partial charge in [0.15, 0.2) is 0 Å². The van der Waals surface area contributed by atoms with Gasteiger partial charge in [-0.2, -0.15) is 0 Å². The van der Waals surface area contributed by atoms with Crippen LogP contribution < -0.4 is 32.3 Å². The quantitative estimate of drug-likeness (QED) is 0.0566. The van der Waals surface area contributed by atoms with Crippen LogP contribution in [0.2, 0.25) is 0 Å². The van der Waals surface area contributed by atoms with Crippen molar-refractivity contribution >= 4 is 35.5 Å². The molecule has 0 aliphatic heterocycles. The summed E-state index contributed by atoms with van der Waals surface area (Å²) in [7, 11) is 0. The van der Waals surface area contributed by atoms with Gasteiger partial charge in [-0.3, -0.25) is 14.4 Å². The molecule has 16 heteroatoms. The van der Waals surface area contributed by atoms with E-state index in [9.17, 15) is 24.0 Å². The lowest BCUT2D eigenvalue weighted by Crippen LogP contribution is -2.54. The molecule has 4 atom stereocenters. The van der Waals surface area contributed by atoms with Crippen molar-refractivity contribution in [1.82, 2.24) is 21.3 Å². The molecule has 1 fully saturated rings. The van der Waals surface area contributed by atoms with E-state index in [1.165, 1.54) is 0 Å². The van der Waals surface area contributed by atoms with Crippen LogP contribution in [0.15, 0.2) is 24.3 Å². The zero-order chi connectivity index (χ0) is 40.5. The summed E-state index contributed by atoms with van der Waals surface area (Å²) >= 11 is 0. The van der Waals surface area contributed by atoms with E-state index in [1.807, 2.05) is 19.1 Å². The highest BCUT2D eigenvalue weighted by atomic mass is 16.6. The van der Waals surface area contributed by atoms with Crippen molar-refractivity contribution in [3.05, 3.63) is 29.8 Å². The number of aryl methyl sites for hydroxylation is 1. The van der Waals surface area contributed by atoms with E-state index in [0.29, 0.717) is 82.7 Å². The number of amides is 6. The Labute approximate surface area is 330 Å². The number of fused-ring (bicyclic) bond motifs is 1. The summed E-state index contributed by atoms with van der Waals surface area (Å²) in [4.78, 5) is 62.2. The number of alkyl carbamates (subject to hydrolysis) is 1. The molecule has 1 aromatic carbocycles. The monoisotopic (exact) mass is 786 g/mol. The smallest absolute Gasteiger partial charge is 0.407 e. The first-order valence-corrected chi connectivity index (χ1v) is 19.7. The summed E-state index contributed by atoms with van der Waals surface area (Å²) in [6, 6.07) is 4.77. The van der Waals surface area contributed by atoms with Crippen LogP contribution in [-0.2, 0) is 38.1 Å². The van der Waals surface area contributed by atoms with Crippen LogP contribution in [0.5, 0.6) is 0 Å². The van der Waals surface area contributed by atoms with Crippen LogP contribution >= 0.6 is 0 Å². The molecule has 1 aromatic rings. The van der Waals surface area contributed by atoms with Crippen molar-refractivity contribution in [1.29, 1.82) is 0 Å². The Morgan fingerprint density at radius 2 is 1.36 bits per heavy atom. The number of carbonyl (C=O) groups is 5. The highest BCUT2D eigenvalue weighted by Gasteiger charge is 2.49. The number of hydrogen-bond donors (Lipinski definition) is 6. The fourth-order valence-electron chi connectivity index (χ4n) is 6.35. The van der Waals surface area contributed by atoms with E-state index in [1.54, 1.807) is 26.0 Å². The molecule has 2 aliphatic rings. The third-order valence-electron chi connectivity index (χ3n) is 9.54. The molecule has 312 valence electrons. The van der Waals surface area contributed by atoms with Gasteiger partial charge in [0.25, 0.3) is 0 Å². The van der Waals surface area contributed by atoms with E-state index in [0.717, 1.165) is 31.2 Å². The van der Waals surface area contributed by atoms with Crippen molar-refractivity contribution in [2.75, 3.05) is 77.9 Å². The van der Waals surface area contributed by atoms with Gasteiger partial charge in [0.2, 0.25) is 17.7 Å². The topological polar surface area (TPSA) is 218 Å². The predicted octanol–water partition coefficient (Wildman–Crippen LogP) is 2.63. The van der Waals surface area contributed by atoms with Crippen LogP contribution in [0.3, 0.4) is 0 Å². The zero-order valence-corrected chi connectivity index (χ0v) is 33.2. The summed E-state index contributed by atoms with van der Waals surface area (Å²) in [5.74, 6) is 6.57. The lowest BCUT2D eigenvalue weighted by atomic mass is 10.0. The first-order valence-electron chi connectivity index (χ1n) is 19.7. The molecule has 0 bridgehead atoms. The van der Waals surface area contributed by atoms with Crippen molar-refractivity contribution in [2.24, 2.45) is 29.4 Å². The zero-order valence-electron chi connectivity index (χ0n) is 33.2. The molecule has 0 saturated heterocycles. The maximum atomic E-state index is 13.3. The number of benzene rings is 1. The number of hydrogen-bond acceptors (Lipinski definition) is 10. The highest BCUT2D eigenvalue weighted by molar-refractivity contribution is 5.98. The molecule has 16 nitrogen and oxygen atoms in total. The molecule has 0 radical (unpaired) electrons. The molecule has 1 saturated carbocycles.